The molecule has 19 heavy (non-hydrogen) atoms. The second-order valence-corrected chi connectivity index (χ2v) is 5.07. The van der Waals surface area contributed by atoms with E-state index in [1.165, 1.54) is 12.1 Å². The molecule has 0 bridgehead atoms. The van der Waals surface area contributed by atoms with Gasteiger partial charge < -0.3 is 0 Å². The van der Waals surface area contributed by atoms with Crippen LogP contribution in [0.5, 0.6) is 0 Å². The van der Waals surface area contributed by atoms with E-state index in [-0.39, 0.29) is 0 Å². The van der Waals surface area contributed by atoms with E-state index in [0.717, 1.165) is 33.4 Å². The van der Waals surface area contributed by atoms with Crippen molar-refractivity contribution >= 4 is 15.9 Å². The van der Waals surface area contributed by atoms with E-state index in [2.05, 4.69) is 20.9 Å². The monoisotopic (exact) mass is 329 g/mol. The molecule has 0 aliphatic heterocycles. The minimum Gasteiger partial charge on any atom is -0.249 e. The van der Waals surface area contributed by atoms with Gasteiger partial charge in [-0.1, -0.05) is 18.2 Å². The Balaban J connectivity index is 2.17. The second kappa shape index (κ2) is 5.33. The summed E-state index contributed by atoms with van der Waals surface area (Å²) < 4.78 is 38.1. The molecule has 2 rings (SSSR count). The van der Waals surface area contributed by atoms with Gasteiger partial charge in [-0.25, -0.2) is 4.98 Å². The Hall–Kier alpha value is -1.36. The molecule has 0 fully saturated rings. The van der Waals surface area contributed by atoms with Crippen LogP contribution < -0.4 is 0 Å². The summed E-state index contributed by atoms with van der Waals surface area (Å²) in [5.41, 5.74) is 2.18. The highest BCUT2D eigenvalue weighted by Crippen LogP contribution is 2.29. The van der Waals surface area contributed by atoms with Gasteiger partial charge in [0.25, 0.3) is 0 Å². The van der Waals surface area contributed by atoms with Gasteiger partial charge in [-0.3, -0.25) is 0 Å². The van der Waals surface area contributed by atoms with Gasteiger partial charge in [0, 0.05) is 6.20 Å². The summed E-state index contributed by atoms with van der Waals surface area (Å²) >= 11 is 3.31. The lowest BCUT2D eigenvalue weighted by Gasteiger charge is -2.08. The molecule has 0 spiro atoms. The predicted octanol–water partition coefficient (Wildman–Crippen LogP) is 4.76. The molecule has 0 N–H and O–H groups in total. The average Bonchev–Trinajstić information content (AvgIpc) is 2.33. The van der Waals surface area contributed by atoms with E-state index >= 15 is 0 Å². The van der Waals surface area contributed by atoms with Crippen molar-refractivity contribution in [2.24, 2.45) is 0 Å². The zero-order chi connectivity index (χ0) is 14.0. The lowest BCUT2D eigenvalue weighted by atomic mass is 10.0. The highest BCUT2D eigenvalue weighted by molar-refractivity contribution is 9.10. The molecule has 0 aliphatic rings. The van der Waals surface area contributed by atoms with Crippen LogP contribution in [-0.4, -0.2) is 4.98 Å². The summed E-state index contributed by atoms with van der Waals surface area (Å²) in [6.07, 6.45) is -2.00. The number of alkyl halides is 3. The molecule has 0 amide bonds. The fraction of sp³-hybridized carbons (Fsp3) is 0.214. The summed E-state index contributed by atoms with van der Waals surface area (Å²) in [5, 5.41) is 0. The van der Waals surface area contributed by atoms with Crippen molar-refractivity contribution in [1.29, 1.82) is 0 Å². The van der Waals surface area contributed by atoms with Crippen LogP contribution in [0, 0.1) is 6.92 Å². The van der Waals surface area contributed by atoms with Gasteiger partial charge >= 0.3 is 6.18 Å². The van der Waals surface area contributed by atoms with Crippen molar-refractivity contribution in [2.75, 3.05) is 0 Å². The maximum atomic E-state index is 12.4. The zero-order valence-electron chi connectivity index (χ0n) is 10.1. The molecule has 5 heteroatoms. The number of nitrogens with zero attached hydrogens (tertiary/aromatic N) is 1. The number of rotatable bonds is 2. The largest absolute Gasteiger partial charge is 0.416 e. The molecular formula is C14H11BrF3N. The number of aryl methyl sites for hydroxylation is 1. The Kier molecular flexibility index (Phi) is 3.94. The van der Waals surface area contributed by atoms with Gasteiger partial charge in [-0.2, -0.15) is 13.2 Å². The maximum Gasteiger partial charge on any atom is 0.416 e. The highest BCUT2D eigenvalue weighted by atomic mass is 79.9. The molecule has 2 aromatic rings. The standard InChI is InChI=1S/C14H11BrF3N/c1-9-6-11(8-19-13(9)15)7-10-2-4-12(5-3-10)14(16,17)18/h2-6,8H,7H2,1H3. The second-order valence-electron chi connectivity index (χ2n) is 4.32. The van der Waals surface area contributed by atoms with Gasteiger partial charge in [0.05, 0.1) is 5.56 Å². The summed E-state index contributed by atoms with van der Waals surface area (Å²) in [6, 6.07) is 7.18. The van der Waals surface area contributed by atoms with Crippen LogP contribution in [-0.2, 0) is 12.6 Å². The first kappa shape index (κ1) is 14.1. The summed E-state index contributed by atoms with van der Waals surface area (Å²) in [7, 11) is 0. The third kappa shape index (κ3) is 3.56. The van der Waals surface area contributed by atoms with Crippen LogP contribution >= 0.6 is 15.9 Å². The Labute approximate surface area is 117 Å². The number of benzene rings is 1. The predicted molar refractivity (Wildman–Crippen MR) is 70.9 cm³/mol. The number of aromatic nitrogens is 1. The van der Waals surface area contributed by atoms with E-state index in [1.807, 2.05) is 13.0 Å². The first-order valence-corrected chi connectivity index (χ1v) is 6.43. The fourth-order valence-corrected chi connectivity index (χ4v) is 1.98. The molecule has 0 atom stereocenters. The lowest BCUT2D eigenvalue weighted by Crippen LogP contribution is -2.04. The lowest BCUT2D eigenvalue weighted by molar-refractivity contribution is -0.137. The minimum atomic E-state index is -4.28. The molecule has 0 unspecified atom stereocenters. The quantitative estimate of drug-likeness (QED) is 0.724. The summed E-state index contributed by atoms with van der Waals surface area (Å²) in [5.74, 6) is 0. The van der Waals surface area contributed by atoms with Crippen molar-refractivity contribution in [2.45, 2.75) is 19.5 Å². The Bertz CT molecular complexity index is 576. The molecule has 0 radical (unpaired) electrons. The Morgan fingerprint density at radius 2 is 1.74 bits per heavy atom. The van der Waals surface area contributed by atoms with Crippen LogP contribution in [0.2, 0.25) is 0 Å². The molecule has 1 heterocycles. The minimum absolute atomic E-state index is 0.569. The number of halogens is 4. The van der Waals surface area contributed by atoms with Gasteiger partial charge in [0.15, 0.2) is 0 Å². The molecule has 100 valence electrons. The fourth-order valence-electron chi connectivity index (χ4n) is 1.76. The normalized spacial score (nSPS) is 11.6. The summed E-state index contributed by atoms with van der Waals surface area (Å²) in [4.78, 5) is 4.17. The van der Waals surface area contributed by atoms with Gasteiger partial charge in [-0.05, 0) is 58.1 Å². The zero-order valence-corrected chi connectivity index (χ0v) is 11.7. The van der Waals surface area contributed by atoms with E-state index in [9.17, 15) is 13.2 Å². The van der Waals surface area contributed by atoms with E-state index < -0.39 is 11.7 Å². The van der Waals surface area contributed by atoms with Crippen LogP contribution in [0.4, 0.5) is 13.2 Å². The van der Waals surface area contributed by atoms with E-state index in [0.29, 0.717) is 6.42 Å². The van der Waals surface area contributed by atoms with E-state index in [4.69, 9.17) is 0 Å². The first-order chi connectivity index (χ1) is 8.86. The molecule has 0 saturated heterocycles. The Morgan fingerprint density at radius 1 is 1.11 bits per heavy atom. The van der Waals surface area contributed by atoms with Crippen molar-refractivity contribution in [1.82, 2.24) is 4.98 Å². The molecule has 1 nitrogen and oxygen atoms in total. The molecule has 0 aliphatic carbocycles. The average molecular weight is 330 g/mol. The molecule has 1 aromatic carbocycles. The molecule has 0 saturated carbocycles. The number of pyridine rings is 1. The van der Waals surface area contributed by atoms with Crippen molar-refractivity contribution < 1.29 is 13.2 Å². The highest BCUT2D eigenvalue weighted by Gasteiger charge is 2.29. The van der Waals surface area contributed by atoms with Crippen LogP contribution in [0.3, 0.4) is 0 Å². The third-order valence-electron chi connectivity index (χ3n) is 2.76. The molecular weight excluding hydrogens is 319 g/mol. The van der Waals surface area contributed by atoms with Gasteiger partial charge in [0.2, 0.25) is 0 Å². The topological polar surface area (TPSA) is 12.9 Å². The van der Waals surface area contributed by atoms with Crippen molar-refractivity contribution in [3.8, 4) is 0 Å². The van der Waals surface area contributed by atoms with Crippen LogP contribution in [0.25, 0.3) is 0 Å². The smallest absolute Gasteiger partial charge is 0.249 e. The first-order valence-electron chi connectivity index (χ1n) is 5.63. The van der Waals surface area contributed by atoms with Crippen LogP contribution in [0.1, 0.15) is 22.3 Å². The number of hydrogen-bond acceptors (Lipinski definition) is 1. The number of hydrogen-bond donors (Lipinski definition) is 0. The van der Waals surface area contributed by atoms with Gasteiger partial charge in [-0.15, -0.1) is 0 Å². The summed E-state index contributed by atoms with van der Waals surface area (Å²) in [6.45, 7) is 1.92. The van der Waals surface area contributed by atoms with Gasteiger partial charge in [0.1, 0.15) is 4.60 Å². The third-order valence-corrected chi connectivity index (χ3v) is 3.59. The van der Waals surface area contributed by atoms with Crippen LogP contribution in [0.15, 0.2) is 41.1 Å². The van der Waals surface area contributed by atoms with E-state index in [1.54, 1.807) is 6.20 Å². The van der Waals surface area contributed by atoms with Crippen molar-refractivity contribution in [3.05, 3.63) is 63.4 Å². The maximum absolute atomic E-state index is 12.4. The van der Waals surface area contributed by atoms with Crippen molar-refractivity contribution in [3.63, 3.8) is 0 Å². The SMILES string of the molecule is Cc1cc(Cc2ccc(C(F)(F)F)cc2)cnc1Br. The molecule has 1 aromatic heterocycles. The Morgan fingerprint density at radius 3 is 2.26 bits per heavy atom.